The molecule has 0 atom stereocenters. The van der Waals surface area contributed by atoms with Crippen LogP contribution in [0.2, 0.25) is 0 Å². The lowest BCUT2D eigenvalue weighted by molar-refractivity contribution is -0.119. The van der Waals surface area contributed by atoms with Gasteiger partial charge in [-0.2, -0.15) is 0 Å². The Morgan fingerprint density at radius 2 is 2.33 bits per heavy atom. The summed E-state index contributed by atoms with van der Waals surface area (Å²) in [6, 6.07) is 5.56. The minimum atomic E-state index is 0.0296. The molecule has 0 spiro atoms. The number of nitrogens with zero attached hydrogens (tertiary/aromatic N) is 1. The maximum atomic E-state index is 12.0. The number of nitrogens with one attached hydrogen (secondary N) is 1. The lowest BCUT2D eigenvalue weighted by atomic mass is 9.80. The third-order valence-corrected chi connectivity index (χ3v) is 4.66. The van der Waals surface area contributed by atoms with Crippen molar-refractivity contribution in [1.82, 2.24) is 4.98 Å². The molecule has 1 aliphatic rings. The second kappa shape index (κ2) is 5.99. The molecule has 1 heterocycles. The Kier molecular flexibility index (Phi) is 4.07. The molecule has 0 saturated heterocycles. The van der Waals surface area contributed by atoms with E-state index in [2.05, 4.69) is 10.3 Å². The summed E-state index contributed by atoms with van der Waals surface area (Å²) in [6.07, 6.45) is 2.86. The summed E-state index contributed by atoms with van der Waals surface area (Å²) in [4.78, 5) is 16.4. The quantitative estimate of drug-likeness (QED) is 0.832. The number of aromatic nitrogens is 1. The van der Waals surface area contributed by atoms with Gasteiger partial charge in [0.25, 0.3) is 0 Å². The largest absolute Gasteiger partial charge is 0.399 e. The van der Waals surface area contributed by atoms with Gasteiger partial charge in [0.05, 0.1) is 16.3 Å². The van der Waals surface area contributed by atoms with E-state index in [0.29, 0.717) is 29.3 Å². The summed E-state index contributed by atoms with van der Waals surface area (Å²) < 4.78 is 6.50. The van der Waals surface area contributed by atoms with E-state index in [1.165, 1.54) is 11.3 Å². The zero-order valence-electron chi connectivity index (χ0n) is 12.0. The molecule has 3 N–H and O–H groups in total. The number of amides is 1. The van der Waals surface area contributed by atoms with Gasteiger partial charge >= 0.3 is 0 Å². The van der Waals surface area contributed by atoms with Gasteiger partial charge in [0.2, 0.25) is 5.91 Å². The van der Waals surface area contributed by atoms with Crippen LogP contribution in [-0.2, 0) is 9.53 Å². The molecule has 21 heavy (non-hydrogen) atoms. The Hall–Kier alpha value is -1.66. The minimum Gasteiger partial charge on any atom is -0.399 e. The van der Waals surface area contributed by atoms with Gasteiger partial charge in [0.15, 0.2) is 5.13 Å². The fourth-order valence-electron chi connectivity index (χ4n) is 2.64. The van der Waals surface area contributed by atoms with Crippen LogP contribution in [0.5, 0.6) is 0 Å². The predicted molar refractivity (Wildman–Crippen MR) is 85.4 cm³/mol. The van der Waals surface area contributed by atoms with Gasteiger partial charge in [-0.25, -0.2) is 4.98 Å². The average Bonchev–Trinajstić information content (AvgIpc) is 2.77. The first-order chi connectivity index (χ1) is 10.1. The first kappa shape index (κ1) is 14.3. The molecule has 0 radical (unpaired) electrons. The van der Waals surface area contributed by atoms with Gasteiger partial charge in [-0.1, -0.05) is 11.3 Å². The fraction of sp³-hybridized carbons (Fsp3) is 0.467. The van der Waals surface area contributed by atoms with Crippen LogP contribution < -0.4 is 11.1 Å². The summed E-state index contributed by atoms with van der Waals surface area (Å²) >= 11 is 1.45. The number of carbonyl (C=O) groups is 1. The number of benzene rings is 1. The van der Waals surface area contributed by atoms with Gasteiger partial charge < -0.3 is 15.8 Å². The molecule has 5 nitrogen and oxygen atoms in total. The third kappa shape index (κ3) is 3.33. The van der Waals surface area contributed by atoms with Crippen LogP contribution in [0.3, 0.4) is 0 Å². The number of anilines is 2. The van der Waals surface area contributed by atoms with E-state index >= 15 is 0 Å². The van der Waals surface area contributed by atoms with Crippen LogP contribution in [-0.4, -0.2) is 23.6 Å². The highest BCUT2D eigenvalue weighted by Crippen LogP contribution is 2.33. The van der Waals surface area contributed by atoms with E-state index in [1.54, 1.807) is 0 Å². The predicted octanol–water partition coefficient (Wildman–Crippen LogP) is 3.02. The van der Waals surface area contributed by atoms with E-state index in [1.807, 2.05) is 25.1 Å². The Bertz CT molecular complexity index is 649. The van der Waals surface area contributed by atoms with Crippen molar-refractivity contribution in [3.05, 3.63) is 18.2 Å². The number of nitrogen functional groups attached to an aromatic ring is 1. The molecule has 0 aliphatic heterocycles. The number of hydrogen-bond donors (Lipinski definition) is 2. The van der Waals surface area contributed by atoms with Crippen molar-refractivity contribution in [2.75, 3.05) is 17.7 Å². The first-order valence-electron chi connectivity index (χ1n) is 7.21. The Morgan fingerprint density at radius 1 is 1.52 bits per heavy atom. The lowest BCUT2D eigenvalue weighted by Crippen LogP contribution is -2.33. The summed E-state index contributed by atoms with van der Waals surface area (Å²) in [5.41, 5.74) is 7.32. The fourth-order valence-corrected chi connectivity index (χ4v) is 3.57. The summed E-state index contributed by atoms with van der Waals surface area (Å²) in [5.74, 6) is 0.466. The van der Waals surface area contributed by atoms with Crippen LogP contribution in [0.25, 0.3) is 10.2 Å². The Balaban J connectivity index is 1.54. The molecular formula is C15H19N3O2S. The highest BCUT2D eigenvalue weighted by molar-refractivity contribution is 7.22. The van der Waals surface area contributed by atoms with Gasteiger partial charge in [0.1, 0.15) is 0 Å². The zero-order chi connectivity index (χ0) is 14.8. The Labute approximate surface area is 127 Å². The number of fused-ring (bicyclic) bond motifs is 1. The lowest BCUT2D eigenvalue weighted by Gasteiger charge is -2.34. The first-order valence-corrected chi connectivity index (χ1v) is 8.03. The molecule has 0 unspecified atom stereocenters. The van der Waals surface area contributed by atoms with E-state index in [9.17, 15) is 4.79 Å². The molecule has 1 amide bonds. The van der Waals surface area contributed by atoms with Crippen LogP contribution >= 0.6 is 11.3 Å². The summed E-state index contributed by atoms with van der Waals surface area (Å²) in [6.45, 7) is 2.75. The van der Waals surface area contributed by atoms with Gasteiger partial charge in [-0.3, -0.25) is 4.79 Å². The molecule has 1 aliphatic carbocycles. The van der Waals surface area contributed by atoms with Gasteiger partial charge in [0, 0.05) is 18.7 Å². The van der Waals surface area contributed by atoms with Crippen LogP contribution in [0, 0.1) is 5.92 Å². The molecule has 1 saturated carbocycles. The molecule has 3 rings (SSSR count). The van der Waals surface area contributed by atoms with Crippen molar-refractivity contribution in [1.29, 1.82) is 0 Å². The van der Waals surface area contributed by atoms with E-state index < -0.39 is 0 Å². The number of carbonyl (C=O) groups excluding carboxylic acids is 1. The second-order valence-electron chi connectivity index (χ2n) is 5.41. The standard InChI is InChI=1S/C15H19N3O2S/c1-2-20-11-5-9(6-11)7-14(19)18-15-17-12-4-3-10(16)8-13(12)21-15/h3-4,8-9,11H,2,5-7,16H2,1H3,(H,17,18,19). The molecular weight excluding hydrogens is 286 g/mol. The van der Waals surface area contributed by atoms with Gasteiger partial charge in [-0.15, -0.1) is 0 Å². The van der Waals surface area contributed by atoms with Crippen LogP contribution in [0.4, 0.5) is 10.8 Å². The van der Waals surface area contributed by atoms with Crippen LogP contribution in [0.15, 0.2) is 18.2 Å². The van der Waals surface area contributed by atoms with Crippen molar-refractivity contribution in [3.63, 3.8) is 0 Å². The molecule has 1 fully saturated rings. The highest BCUT2D eigenvalue weighted by atomic mass is 32.1. The number of hydrogen-bond acceptors (Lipinski definition) is 5. The maximum absolute atomic E-state index is 12.0. The molecule has 6 heteroatoms. The topological polar surface area (TPSA) is 77.2 Å². The number of ether oxygens (including phenoxy) is 1. The molecule has 1 aromatic carbocycles. The van der Waals surface area contributed by atoms with E-state index in [0.717, 1.165) is 29.7 Å². The number of nitrogens with two attached hydrogens (primary N) is 1. The normalized spacial score (nSPS) is 21.2. The third-order valence-electron chi connectivity index (χ3n) is 3.73. The highest BCUT2D eigenvalue weighted by Gasteiger charge is 2.31. The second-order valence-corrected chi connectivity index (χ2v) is 6.44. The SMILES string of the molecule is CCOC1CC(CC(=O)Nc2nc3ccc(N)cc3s2)C1. The molecule has 2 aromatic rings. The maximum Gasteiger partial charge on any atom is 0.226 e. The molecule has 1 aromatic heterocycles. The zero-order valence-corrected chi connectivity index (χ0v) is 12.8. The van der Waals surface area contributed by atoms with Crippen molar-refractivity contribution in [2.45, 2.75) is 32.3 Å². The molecule has 112 valence electrons. The van der Waals surface area contributed by atoms with E-state index in [-0.39, 0.29) is 5.91 Å². The number of thiazole rings is 1. The average molecular weight is 305 g/mol. The van der Waals surface area contributed by atoms with Crippen molar-refractivity contribution in [2.24, 2.45) is 5.92 Å². The van der Waals surface area contributed by atoms with Crippen LogP contribution in [0.1, 0.15) is 26.2 Å². The Morgan fingerprint density at radius 3 is 3.10 bits per heavy atom. The van der Waals surface area contributed by atoms with Crippen molar-refractivity contribution >= 4 is 38.3 Å². The monoisotopic (exact) mass is 305 g/mol. The summed E-state index contributed by atoms with van der Waals surface area (Å²) in [7, 11) is 0. The van der Waals surface area contributed by atoms with E-state index in [4.69, 9.17) is 10.5 Å². The summed E-state index contributed by atoms with van der Waals surface area (Å²) in [5, 5.41) is 3.52. The van der Waals surface area contributed by atoms with Crippen molar-refractivity contribution < 1.29 is 9.53 Å². The molecule has 0 bridgehead atoms. The number of rotatable bonds is 5. The van der Waals surface area contributed by atoms with Gasteiger partial charge in [-0.05, 0) is 43.9 Å². The smallest absolute Gasteiger partial charge is 0.226 e. The minimum absolute atomic E-state index is 0.0296. The van der Waals surface area contributed by atoms with Crippen molar-refractivity contribution in [3.8, 4) is 0 Å².